The van der Waals surface area contributed by atoms with Gasteiger partial charge in [0.15, 0.2) is 0 Å². The highest BCUT2D eigenvalue weighted by Crippen LogP contribution is 2.28. The van der Waals surface area contributed by atoms with Crippen LogP contribution in [0.3, 0.4) is 0 Å². The first kappa shape index (κ1) is 15.9. The molecule has 5 heteroatoms. The molecule has 0 saturated carbocycles. The molecule has 2 aromatic rings. The van der Waals surface area contributed by atoms with Crippen molar-refractivity contribution in [3.63, 3.8) is 0 Å². The van der Waals surface area contributed by atoms with Gasteiger partial charge in [0.05, 0.1) is 11.4 Å². The lowest BCUT2D eigenvalue weighted by Crippen LogP contribution is -2.25. The molecule has 0 fully saturated rings. The van der Waals surface area contributed by atoms with Gasteiger partial charge >= 0.3 is 0 Å². The van der Waals surface area contributed by atoms with E-state index in [1.165, 1.54) is 17.7 Å². The number of hydrogen-bond donors (Lipinski definition) is 1. The lowest BCUT2D eigenvalue weighted by molar-refractivity contribution is 0.628. The predicted octanol–water partition coefficient (Wildman–Crippen LogP) is 3.16. The average Bonchev–Trinajstić information content (AvgIpc) is 2.81. The van der Waals surface area contributed by atoms with Crippen molar-refractivity contribution in [2.75, 3.05) is 24.5 Å². The third-order valence-corrected chi connectivity index (χ3v) is 4.32. The molecule has 23 heavy (non-hydrogen) atoms. The number of benzene rings is 1. The first-order chi connectivity index (χ1) is 11.2. The van der Waals surface area contributed by atoms with Gasteiger partial charge in [-0.2, -0.15) is 0 Å². The minimum Gasteiger partial charge on any atom is -0.341 e. The van der Waals surface area contributed by atoms with E-state index in [9.17, 15) is 4.39 Å². The van der Waals surface area contributed by atoms with Gasteiger partial charge in [0.25, 0.3) is 0 Å². The number of rotatable bonds is 4. The molecule has 1 N–H and O–H groups in total. The quantitative estimate of drug-likeness (QED) is 0.941. The highest BCUT2D eigenvalue weighted by atomic mass is 19.1. The monoisotopic (exact) mass is 314 g/mol. The predicted molar refractivity (Wildman–Crippen MR) is 91.0 cm³/mol. The summed E-state index contributed by atoms with van der Waals surface area (Å²) in [6, 6.07) is 6.61. The normalized spacial score (nSPS) is 14.2. The summed E-state index contributed by atoms with van der Waals surface area (Å²) in [4.78, 5) is 11.8. The van der Waals surface area contributed by atoms with Gasteiger partial charge in [-0.25, -0.2) is 14.4 Å². The summed E-state index contributed by atoms with van der Waals surface area (Å²) in [5.41, 5.74) is 4.16. The van der Waals surface area contributed by atoms with Crippen LogP contribution in [0.15, 0.2) is 24.3 Å². The molecule has 1 aromatic carbocycles. The van der Waals surface area contributed by atoms with E-state index in [4.69, 9.17) is 9.97 Å². The van der Waals surface area contributed by atoms with Crippen LogP contribution in [0.25, 0.3) is 11.3 Å². The second-order valence-electron chi connectivity index (χ2n) is 5.76. The van der Waals surface area contributed by atoms with E-state index in [1.807, 2.05) is 12.1 Å². The molecular weight excluding hydrogens is 291 g/mol. The minimum absolute atomic E-state index is 0.223. The lowest BCUT2D eigenvalue weighted by Gasteiger charge is -2.22. The molecule has 0 atom stereocenters. The zero-order valence-electron chi connectivity index (χ0n) is 13.8. The van der Waals surface area contributed by atoms with Crippen molar-refractivity contribution >= 4 is 5.95 Å². The lowest BCUT2D eigenvalue weighted by atomic mass is 10.0. The maximum Gasteiger partial charge on any atom is 0.226 e. The summed E-state index contributed by atoms with van der Waals surface area (Å²) in [6.07, 6.45) is 2.02. The summed E-state index contributed by atoms with van der Waals surface area (Å²) in [7, 11) is 0. The number of fused-ring (bicyclic) bond motifs is 1. The fourth-order valence-corrected chi connectivity index (χ4v) is 3.02. The maximum absolute atomic E-state index is 13.3. The molecule has 122 valence electrons. The van der Waals surface area contributed by atoms with E-state index in [1.54, 1.807) is 0 Å². The topological polar surface area (TPSA) is 41.1 Å². The molecule has 0 amide bonds. The third-order valence-electron chi connectivity index (χ3n) is 4.32. The molecule has 0 bridgehead atoms. The van der Waals surface area contributed by atoms with Gasteiger partial charge in [0, 0.05) is 30.8 Å². The van der Waals surface area contributed by atoms with Crippen molar-refractivity contribution in [1.82, 2.24) is 15.3 Å². The maximum atomic E-state index is 13.3. The largest absolute Gasteiger partial charge is 0.341 e. The molecule has 0 radical (unpaired) electrons. The van der Waals surface area contributed by atoms with E-state index < -0.39 is 0 Å². The van der Waals surface area contributed by atoms with Crippen LogP contribution in [0.4, 0.5) is 10.3 Å². The van der Waals surface area contributed by atoms with Crippen molar-refractivity contribution in [1.29, 1.82) is 0 Å². The van der Waals surface area contributed by atoms with Crippen LogP contribution >= 0.6 is 0 Å². The van der Waals surface area contributed by atoms with Gasteiger partial charge in [0.1, 0.15) is 5.82 Å². The van der Waals surface area contributed by atoms with Crippen LogP contribution in [-0.4, -0.2) is 29.6 Å². The number of anilines is 1. The van der Waals surface area contributed by atoms with Crippen molar-refractivity contribution < 1.29 is 4.39 Å². The highest BCUT2D eigenvalue weighted by Gasteiger charge is 2.19. The molecule has 1 aromatic heterocycles. The summed E-state index contributed by atoms with van der Waals surface area (Å²) >= 11 is 0. The third kappa shape index (κ3) is 3.34. The zero-order valence-corrected chi connectivity index (χ0v) is 13.8. The number of hydrogen-bond acceptors (Lipinski definition) is 4. The van der Waals surface area contributed by atoms with E-state index in [2.05, 4.69) is 24.1 Å². The summed E-state index contributed by atoms with van der Waals surface area (Å²) in [5, 5.41) is 3.42. The molecule has 4 nitrogen and oxygen atoms in total. The standard InChI is InChI=1S/C18H23FN4/c1-3-23(4-2)18-21-16-12-20-11-5-6-15(16)17(22-18)13-7-9-14(19)10-8-13/h7-10,20H,3-6,11-12H2,1-2H3. The Morgan fingerprint density at radius 1 is 1.13 bits per heavy atom. The van der Waals surface area contributed by atoms with Crippen LogP contribution in [0.2, 0.25) is 0 Å². The summed E-state index contributed by atoms with van der Waals surface area (Å²) < 4.78 is 13.3. The number of aromatic nitrogens is 2. The molecular formula is C18H23FN4. The molecule has 2 heterocycles. The minimum atomic E-state index is -0.223. The molecule has 3 rings (SSSR count). The molecule has 0 saturated heterocycles. The zero-order chi connectivity index (χ0) is 16.2. The van der Waals surface area contributed by atoms with Gasteiger partial charge in [-0.3, -0.25) is 0 Å². The Bertz CT molecular complexity index is 665. The average molecular weight is 314 g/mol. The van der Waals surface area contributed by atoms with Gasteiger partial charge < -0.3 is 10.2 Å². The van der Waals surface area contributed by atoms with E-state index >= 15 is 0 Å². The van der Waals surface area contributed by atoms with E-state index in [0.717, 1.165) is 61.9 Å². The Morgan fingerprint density at radius 3 is 2.57 bits per heavy atom. The Hall–Kier alpha value is -2.01. The van der Waals surface area contributed by atoms with Crippen molar-refractivity contribution in [2.45, 2.75) is 33.2 Å². The molecule has 0 aliphatic carbocycles. The van der Waals surface area contributed by atoms with Gasteiger partial charge in [0.2, 0.25) is 5.95 Å². The van der Waals surface area contributed by atoms with Gasteiger partial charge in [-0.15, -0.1) is 0 Å². The first-order valence-corrected chi connectivity index (χ1v) is 8.34. The Morgan fingerprint density at radius 2 is 1.87 bits per heavy atom. The van der Waals surface area contributed by atoms with E-state index in [-0.39, 0.29) is 5.82 Å². The molecule has 0 unspecified atom stereocenters. The number of nitrogens with one attached hydrogen (secondary N) is 1. The molecule has 1 aliphatic rings. The number of halogens is 1. The van der Waals surface area contributed by atoms with Crippen LogP contribution in [0.5, 0.6) is 0 Å². The van der Waals surface area contributed by atoms with Crippen LogP contribution < -0.4 is 10.2 Å². The summed E-state index contributed by atoms with van der Waals surface area (Å²) in [6.45, 7) is 7.69. The Kier molecular flexibility index (Phi) is 4.86. The summed E-state index contributed by atoms with van der Waals surface area (Å²) in [5.74, 6) is 0.538. The van der Waals surface area contributed by atoms with Crippen molar-refractivity contribution in [2.24, 2.45) is 0 Å². The van der Waals surface area contributed by atoms with Gasteiger partial charge in [-0.1, -0.05) is 0 Å². The smallest absolute Gasteiger partial charge is 0.226 e. The Labute approximate surface area is 136 Å². The molecule has 0 spiro atoms. The SMILES string of the molecule is CCN(CC)c1nc2c(c(-c3ccc(F)cc3)n1)CCCNC2. The van der Waals surface area contributed by atoms with Crippen molar-refractivity contribution in [3.05, 3.63) is 41.3 Å². The Balaban J connectivity index is 2.14. The fraction of sp³-hybridized carbons (Fsp3) is 0.444. The highest BCUT2D eigenvalue weighted by molar-refractivity contribution is 5.65. The molecule has 1 aliphatic heterocycles. The second-order valence-corrected chi connectivity index (χ2v) is 5.76. The van der Waals surface area contributed by atoms with Gasteiger partial charge in [-0.05, 0) is 57.5 Å². The van der Waals surface area contributed by atoms with Crippen molar-refractivity contribution in [3.8, 4) is 11.3 Å². The van der Waals surface area contributed by atoms with Crippen LogP contribution in [-0.2, 0) is 13.0 Å². The van der Waals surface area contributed by atoms with Crippen LogP contribution in [0, 0.1) is 5.82 Å². The van der Waals surface area contributed by atoms with Crippen LogP contribution in [0.1, 0.15) is 31.5 Å². The number of nitrogens with zero attached hydrogens (tertiary/aromatic N) is 3. The first-order valence-electron chi connectivity index (χ1n) is 8.34. The fourth-order valence-electron chi connectivity index (χ4n) is 3.02. The second kappa shape index (κ2) is 7.04. The van der Waals surface area contributed by atoms with E-state index in [0.29, 0.717) is 0 Å².